The molecule has 1 aliphatic rings. The number of nitrogens with one attached hydrogen (secondary N) is 1. The number of rotatable bonds is 4. The van der Waals surface area contributed by atoms with Crippen molar-refractivity contribution in [2.75, 3.05) is 18.0 Å². The van der Waals surface area contributed by atoms with Gasteiger partial charge in [0.25, 0.3) is 0 Å². The maximum Gasteiger partial charge on any atom is 0.491 e. The second-order valence-corrected chi connectivity index (χ2v) is 7.68. The summed E-state index contributed by atoms with van der Waals surface area (Å²) in [5, 5.41) is 9.32. The molecule has 33 heavy (non-hydrogen) atoms. The Morgan fingerprint density at radius 2 is 2.15 bits per heavy atom. The molecular weight excluding hydrogens is 441 g/mol. The van der Waals surface area contributed by atoms with Gasteiger partial charge in [0.05, 0.1) is 17.8 Å². The molecule has 12 heteroatoms. The lowest BCUT2D eigenvalue weighted by Crippen LogP contribution is -2.43. The summed E-state index contributed by atoms with van der Waals surface area (Å²) in [6, 6.07) is 7.46. The maximum absolute atomic E-state index is 12.8. The second-order valence-electron chi connectivity index (χ2n) is 7.68. The van der Waals surface area contributed by atoms with Crippen LogP contribution in [-0.4, -0.2) is 45.8 Å². The molecule has 0 aliphatic carbocycles. The molecule has 2 aromatic heterocycles. The number of nitrogens with two attached hydrogens (primary N) is 1. The van der Waals surface area contributed by atoms with Gasteiger partial charge in [-0.3, -0.25) is 9.55 Å². The van der Waals surface area contributed by atoms with E-state index in [1.807, 2.05) is 4.90 Å². The Hall–Kier alpha value is -3.85. The van der Waals surface area contributed by atoms with Crippen molar-refractivity contribution in [1.82, 2.24) is 14.5 Å². The first-order valence-corrected chi connectivity index (χ1v) is 10.1. The number of esters is 1. The number of hydrogen-bond acceptors (Lipinski definition) is 7. The fourth-order valence-corrected chi connectivity index (χ4v) is 3.95. The van der Waals surface area contributed by atoms with E-state index in [4.69, 9.17) is 5.73 Å². The fraction of sp³-hybridized carbons (Fsp3) is 0.333. The Bertz CT molecular complexity index is 1310. The van der Waals surface area contributed by atoms with Gasteiger partial charge in [-0.05, 0) is 25.0 Å². The number of hydrogen-bond donors (Lipinski definition) is 2. The molecule has 3 heterocycles. The third-order valence-electron chi connectivity index (χ3n) is 5.41. The Kier molecular flexibility index (Phi) is 5.82. The molecule has 0 spiro atoms. The summed E-state index contributed by atoms with van der Waals surface area (Å²) in [5.41, 5.74) is 6.76. The number of benzene rings is 1. The SMILES string of the molecule is N#Cc1cccc(Cn2c(=O)[nH]c3nccc(N4CCCC(N)C4)c32)c1OC(=O)C(F)(F)F. The lowest BCUT2D eigenvalue weighted by atomic mass is 10.1. The highest BCUT2D eigenvalue weighted by atomic mass is 19.4. The van der Waals surface area contributed by atoms with Gasteiger partial charge in [0.2, 0.25) is 0 Å². The van der Waals surface area contributed by atoms with Crippen LogP contribution in [0.25, 0.3) is 11.2 Å². The van der Waals surface area contributed by atoms with Crippen molar-refractivity contribution in [2.45, 2.75) is 31.6 Å². The number of aromatic amines is 1. The predicted octanol–water partition coefficient (Wildman–Crippen LogP) is 2.04. The summed E-state index contributed by atoms with van der Waals surface area (Å²) >= 11 is 0. The summed E-state index contributed by atoms with van der Waals surface area (Å²) in [6.07, 6.45) is -1.96. The van der Waals surface area contributed by atoms with Gasteiger partial charge >= 0.3 is 17.8 Å². The van der Waals surface area contributed by atoms with Gasteiger partial charge in [0.1, 0.15) is 11.6 Å². The number of nitriles is 1. The molecule has 3 aromatic rings. The molecule has 1 aromatic carbocycles. The first-order valence-electron chi connectivity index (χ1n) is 10.1. The van der Waals surface area contributed by atoms with Crippen molar-refractivity contribution in [3.8, 4) is 11.8 Å². The highest BCUT2D eigenvalue weighted by molar-refractivity contribution is 5.86. The van der Waals surface area contributed by atoms with Crippen LogP contribution in [0.15, 0.2) is 35.3 Å². The van der Waals surface area contributed by atoms with Crippen molar-refractivity contribution in [3.63, 3.8) is 0 Å². The number of alkyl halides is 3. The minimum absolute atomic E-state index is 0.0400. The highest BCUT2D eigenvalue weighted by Crippen LogP contribution is 2.30. The van der Waals surface area contributed by atoms with E-state index < -0.39 is 23.6 Å². The third kappa shape index (κ3) is 4.40. The van der Waals surface area contributed by atoms with Crippen LogP contribution in [0.5, 0.6) is 5.75 Å². The minimum atomic E-state index is -5.25. The van der Waals surface area contributed by atoms with Crippen LogP contribution in [0.2, 0.25) is 0 Å². The number of piperidine rings is 1. The fourth-order valence-electron chi connectivity index (χ4n) is 3.95. The molecule has 1 saturated heterocycles. The lowest BCUT2D eigenvalue weighted by Gasteiger charge is -2.33. The smallest absolute Gasteiger partial charge is 0.418 e. The zero-order valence-corrected chi connectivity index (χ0v) is 17.2. The zero-order valence-electron chi connectivity index (χ0n) is 17.2. The molecule has 172 valence electrons. The van der Waals surface area contributed by atoms with Gasteiger partial charge in [-0.2, -0.15) is 18.4 Å². The van der Waals surface area contributed by atoms with Crippen LogP contribution in [0.4, 0.5) is 18.9 Å². The van der Waals surface area contributed by atoms with E-state index >= 15 is 0 Å². The van der Waals surface area contributed by atoms with E-state index in [9.17, 15) is 28.0 Å². The third-order valence-corrected chi connectivity index (χ3v) is 5.41. The number of nitrogens with zero attached hydrogens (tertiary/aromatic N) is 4. The topological polar surface area (TPSA) is 130 Å². The number of aromatic nitrogens is 3. The van der Waals surface area contributed by atoms with Gasteiger partial charge in [-0.1, -0.05) is 12.1 Å². The van der Waals surface area contributed by atoms with Crippen LogP contribution in [0, 0.1) is 11.3 Å². The Labute approximate surface area is 185 Å². The van der Waals surface area contributed by atoms with Gasteiger partial charge in [-0.25, -0.2) is 14.6 Å². The molecule has 1 unspecified atom stereocenters. The molecule has 1 aliphatic heterocycles. The quantitative estimate of drug-likeness (QED) is 0.450. The van der Waals surface area contributed by atoms with Crippen LogP contribution < -0.4 is 21.1 Å². The summed E-state index contributed by atoms with van der Waals surface area (Å²) in [7, 11) is 0. The van der Waals surface area contributed by atoms with Gasteiger partial charge in [0.15, 0.2) is 11.4 Å². The van der Waals surface area contributed by atoms with E-state index in [1.165, 1.54) is 22.8 Å². The highest BCUT2D eigenvalue weighted by Gasteiger charge is 2.42. The summed E-state index contributed by atoms with van der Waals surface area (Å²) in [4.78, 5) is 33.1. The molecule has 1 fully saturated rings. The number of ether oxygens (including phenoxy) is 1. The number of imidazole rings is 1. The summed E-state index contributed by atoms with van der Waals surface area (Å²) in [6.45, 7) is 1.02. The monoisotopic (exact) mass is 460 g/mol. The minimum Gasteiger partial charge on any atom is -0.418 e. The number of anilines is 1. The number of carbonyl (C=O) groups is 1. The first-order chi connectivity index (χ1) is 15.7. The molecule has 4 rings (SSSR count). The molecule has 0 bridgehead atoms. The number of halogens is 3. The average molecular weight is 460 g/mol. The summed E-state index contributed by atoms with van der Waals surface area (Å²) in [5.74, 6) is -3.00. The molecule has 0 radical (unpaired) electrons. The molecule has 0 amide bonds. The van der Waals surface area contributed by atoms with E-state index in [-0.39, 0.29) is 23.7 Å². The normalized spacial score (nSPS) is 16.6. The van der Waals surface area contributed by atoms with E-state index in [0.29, 0.717) is 29.9 Å². The van der Waals surface area contributed by atoms with Gasteiger partial charge < -0.3 is 15.4 Å². The second kappa shape index (κ2) is 8.59. The standard InChI is InChI=1S/C21H19F3N6O3/c22-21(23,24)19(31)33-17-12(9-25)3-1-4-13(17)10-30-16-15(29-8-2-5-14(26)11-29)6-7-27-18(16)28-20(30)32/h1,3-4,6-7,14H,2,5,8,10-11,26H2,(H,27,28,32). The Morgan fingerprint density at radius 3 is 2.85 bits per heavy atom. The Balaban J connectivity index is 1.81. The molecule has 1 atom stereocenters. The van der Waals surface area contributed by atoms with Crippen molar-refractivity contribution >= 4 is 22.8 Å². The van der Waals surface area contributed by atoms with Gasteiger partial charge in [0, 0.05) is 30.9 Å². The van der Waals surface area contributed by atoms with Crippen LogP contribution in [0.1, 0.15) is 24.0 Å². The number of fused-ring (bicyclic) bond motifs is 1. The summed E-state index contributed by atoms with van der Waals surface area (Å²) < 4.78 is 44.2. The molecular formula is C21H19F3N6O3. The average Bonchev–Trinajstić information content (AvgIpc) is 3.09. The number of carbonyl (C=O) groups excluding carboxylic acids is 1. The van der Waals surface area contributed by atoms with Crippen LogP contribution in [0.3, 0.4) is 0 Å². The van der Waals surface area contributed by atoms with E-state index in [1.54, 1.807) is 18.3 Å². The number of pyridine rings is 1. The van der Waals surface area contributed by atoms with Gasteiger partial charge in [-0.15, -0.1) is 0 Å². The largest absolute Gasteiger partial charge is 0.491 e. The zero-order chi connectivity index (χ0) is 23.8. The van der Waals surface area contributed by atoms with Crippen molar-refractivity contribution in [3.05, 3.63) is 52.1 Å². The molecule has 3 N–H and O–H groups in total. The first kappa shape index (κ1) is 22.3. The van der Waals surface area contributed by atoms with E-state index in [0.717, 1.165) is 12.8 Å². The van der Waals surface area contributed by atoms with Crippen molar-refractivity contribution in [2.24, 2.45) is 5.73 Å². The molecule has 0 saturated carbocycles. The van der Waals surface area contributed by atoms with Crippen molar-refractivity contribution in [1.29, 1.82) is 5.26 Å². The lowest BCUT2D eigenvalue weighted by molar-refractivity contribution is -0.189. The number of para-hydroxylation sites is 1. The van der Waals surface area contributed by atoms with Crippen molar-refractivity contribution < 1.29 is 22.7 Å². The van der Waals surface area contributed by atoms with Crippen LogP contribution in [-0.2, 0) is 11.3 Å². The van der Waals surface area contributed by atoms with Crippen LogP contribution >= 0.6 is 0 Å². The van der Waals surface area contributed by atoms with E-state index in [2.05, 4.69) is 14.7 Å². The Morgan fingerprint density at radius 1 is 1.36 bits per heavy atom. The molecule has 9 nitrogen and oxygen atoms in total. The predicted molar refractivity (Wildman–Crippen MR) is 112 cm³/mol. The maximum atomic E-state index is 12.8. The number of H-pyrrole nitrogens is 1.